The van der Waals surface area contributed by atoms with E-state index in [9.17, 15) is 4.79 Å². The van der Waals surface area contributed by atoms with Crippen LogP contribution in [0.15, 0.2) is 52.9 Å². The number of nitrogens with zero attached hydrogens (tertiary/aromatic N) is 2. The number of rotatable bonds is 8. The van der Waals surface area contributed by atoms with Gasteiger partial charge in [0, 0.05) is 5.75 Å². The molecule has 3 aromatic rings. The number of ether oxygens (including phenoxy) is 1. The molecular weight excluding hydrogens is 390 g/mol. The molecule has 2 aromatic carbocycles. The fourth-order valence-corrected chi connectivity index (χ4v) is 4.23. The average Bonchev–Trinajstić information content (AvgIpc) is 3.12. The molecule has 0 aliphatic heterocycles. The maximum Gasteiger partial charge on any atom is 0.264 e. The van der Waals surface area contributed by atoms with Gasteiger partial charge in [-0.1, -0.05) is 78.9 Å². The molecule has 28 heavy (non-hydrogen) atoms. The van der Waals surface area contributed by atoms with Gasteiger partial charge in [0.1, 0.15) is 5.75 Å². The number of carbonyl (C=O) groups excluding carboxylic acids is 1. The lowest BCUT2D eigenvalue weighted by molar-refractivity contribution is -0.118. The van der Waals surface area contributed by atoms with Gasteiger partial charge in [0.25, 0.3) is 5.91 Å². The highest BCUT2D eigenvalue weighted by Gasteiger charge is 2.10. The predicted octanol–water partition coefficient (Wildman–Crippen LogP) is 5.28. The van der Waals surface area contributed by atoms with Gasteiger partial charge in [0.15, 0.2) is 10.9 Å². The van der Waals surface area contributed by atoms with E-state index in [4.69, 9.17) is 4.74 Å². The van der Waals surface area contributed by atoms with Crippen LogP contribution in [0.2, 0.25) is 0 Å². The Kier molecular flexibility index (Phi) is 7.06. The number of aryl methyl sites for hydroxylation is 1. The van der Waals surface area contributed by atoms with Crippen molar-refractivity contribution < 1.29 is 9.53 Å². The van der Waals surface area contributed by atoms with Crippen LogP contribution in [-0.2, 0) is 10.5 Å². The Morgan fingerprint density at radius 1 is 1.18 bits per heavy atom. The van der Waals surface area contributed by atoms with Crippen LogP contribution in [0.1, 0.15) is 36.5 Å². The normalized spacial score (nSPS) is 10.9. The van der Waals surface area contributed by atoms with Gasteiger partial charge in [-0.05, 0) is 36.1 Å². The van der Waals surface area contributed by atoms with Crippen molar-refractivity contribution in [3.8, 4) is 5.75 Å². The average molecular weight is 414 g/mol. The van der Waals surface area contributed by atoms with E-state index in [0.29, 0.717) is 16.8 Å². The van der Waals surface area contributed by atoms with E-state index in [1.165, 1.54) is 28.0 Å². The van der Waals surface area contributed by atoms with Crippen molar-refractivity contribution in [2.75, 3.05) is 11.9 Å². The first-order valence-corrected chi connectivity index (χ1v) is 10.8. The summed E-state index contributed by atoms with van der Waals surface area (Å²) in [6, 6.07) is 16.2. The highest BCUT2D eigenvalue weighted by atomic mass is 32.2. The molecule has 0 spiro atoms. The van der Waals surface area contributed by atoms with Crippen molar-refractivity contribution in [2.45, 2.75) is 36.8 Å². The Morgan fingerprint density at radius 2 is 1.96 bits per heavy atom. The monoisotopic (exact) mass is 413 g/mol. The first-order chi connectivity index (χ1) is 13.5. The summed E-state index contributed by atoms with van der Waals surface area (Å²) in [6.07, 6.45) is 0. The SMILES string of the molecule is Cc1cccc(CSc2nnc(NC(=O)COc3ccc(C(C)C)cc3)s2)c1. The van der Waals surface area contributed by atoms with Crippen molar-refractivity contribution in [1.29, 1.82) is 0 Å². The first kappa shape index (κ1) is 20.4. The smallest absolute Gasteiger partial charge is 0.264 e. The van der Waals surface area contributed by atoms with E-state index in [2.05, 4.69) is 54.5 Å². The van der Waals surface area contributed by atoms with E-state index in [-0.39, 0.29) is 12.5 Å². The zero-order valence-corrected chi connectivity index (χ0v) is 17.8. The molecule has 0 bridgehead atoms. The van der Waals surface area contributed by atoms with Crippen LogP contribution in [0.25, 0.3) is 0 Å². The number of aromatic nitrogens is 2. The number of hydrogen-bond acceptors (Lipinski definition) is 6. The number of carbonyl (C=O) groups is 1. The highest BCUT2D eigenvalue weighted by Crippen LogP contribution is 2.28. The molecule has 0 atom stereocenters. The number of hydrogen-bond donors (Lipinski definition) is 1. The standard InChI is InChI=1S/C21H23N3O2S2/c1-14(2)17-7-9-18(10-8-17)26-12-19(25)22-20-23-24-21(28-20)27-13-16-6-4-5-15(3)11-16/h4-11,14H,12-13H2,1-3H3,(H,22,23,25). The summed E-state index contributed by atoms with van der Waals surface area (Å²) >= 11 is 2.97. The minimum atomic E-state index is -0.251. The third-order valence-corrected chi connectivity index (χ3v) is 6.06. The maximum absolute atomic E-state index is 12.1. The van der Waals surface area contributed by atoms with Gasteiger partial charge < -0.3 is 4.74 Å². The van der Waals surface area contributed by atoms with E-state index in [1.54, 1.807) is 11.8 Å². The zero-order valence-electron chi connectivity index (χ0n) is 16.1. The van der Waals surface area contributed by atoms with Gasteiger partial charge in [-0.2, -0.15) is 0 Å². The van der Waals surface area contributed by atoms with Crippen LogP contribution in [0.3, 0.4) is 0 Å². The molecule has 1 aromatic heterocycles. The fourth-order valence-electron chi connectivity index (χ4n) is 2.52. The minimum Gasteiger partial charge on any atom is -0.484 e. The Balaban J connectivity index is 1.45. The van der Waals surface area contributed by atoms with Crippen LogP contribution < -0.4 is 10.1 Å². The summed E-state index contributed by atoms with van der Waals surface area (Å²) < 4.78 is 6.36. The summed E-state index contributed by atoms with van der Waals surface area (Å²) in [5, 5.41) is 11.4. The van der Waals surface area contributed by atoms with Crippen LogP contribution in [0, 0.1) is 6.92 Å². The molecule has 0 aliphatic carbocycles. The second-order valence-corrected chi connectivity index (χ2v) is 8.91. The number of benzene rings is 2. The van der Waals surface area contributed by atoms with Crippen molar-refractivity contribution >= 4 is 34.1 Å². The molecule has 0 saturated heterocycles. The number of amides is 1. The second kappa shape index (κ2) is 9.71. The molecule has 1 amide bonds. The first-order valence-electron chi connectivity index (χ1n) is 9.04. The van der Waals surface area contributed by atoms with Gasteiger partial charge >= 0.3 is 0 Å². The molecule has 0 fully saturated rings. The van der Waals surface area contributed by atoms with E-state index in [1.807, 2.05) is 30.3 Å². The van der Waals surface area contributed by atoms with Crippen LogP contribution in [-0.4, -0.2) is 22.7 Å². The van der Waals surface area contributed by atoms with E-state index >= 15 is 0 Å². The molecule has 0 aliphatic rings. The van der Waals surface area contributed by atoms with Gasteiger partial charge in [-0.3, -0.25) is 10.1 Å². The summed E-state index contributed by atoms with van der Waals surface area (Å²) in [5.74, 6) is 1.71. The number of thioether (sulfide) groups is 1. The summed E-state index contributed by atoms with van der Waals surface area (Å²) in [5.41, 5.74) is 3.71. The second-order valence-electron chi connectivity index (χ2n) is 6.71. The van der Waals surface area contributed by atoms with Gasteiger partial charge in [-0.15, -0.1) is 10.2 Å². The molecule has 0 radical (unpaired) electrons. The third kappa shape index (κ3) is 6.07. The molecule has 7 heteroatoms. The van der Waals surface area contributed by atoms with Crippen LogP contribution in [0.4, 0.5) is 5.13 Å². The number of anilines is 1. The highest BCUT2D eigenvalue weighted by molar-refractivity contribution is 8.00. The lowest BCUT2D eigenvalue weighted by Gasteiger charge is -2.08. The van der Waals surface area contributed by atoms with E-state index < -0.39 is 0 Å². The summed E-state index contributed by atoms with van der Waals surface area (Å²) in [6.45, 7) is 6.29. The van der Waals surface area contributed by atoms with E-state index in [0.717, 1.165) is 10.1 Å². The Bertz CT molecular complexity index is 923. The van der Waals surface area contributed by atoms with Crippen LogP contribution in [0.5, 0.6) is 5.75 Å². The van der Waals surface area contributed by atoms with Crippen molar-refractivity contribution in [2.24, 2.45) is 0 Å². The molecule has 0 saturated carbocycles. The third-order valence-electron chi connectivity index (χ3n) is 4.01. The van der Waals surface area contributed by atoms with Gasteiger partial charge in [0.05, 0.1) is 0 Å². The molecule has 3 rings (SSSR count). The zero-order chi connectivity index (χ0) is 19.9. The summed E-state index contributed by atoms with van der Waals surface area (Å²) in [7, 11) is 0. The maximum atomic E-state index is 12.1. The fraction of sp³-hybridized carbons (Fsp3) is 0.286. The molecule has 1 N–H and O–H groups in total. The topological polar surface area (TPSA) is 64.1 Å². The Morgan fingerprint density at radius 3 is 2.68 bits per heavy atom. The Labute approximate surface area is 173 Å². The van der Waals surface area contributed by atoms with Crippen molar-refractivity contribution in [1.82, 2.24) is 10.2 Å². The Hall–Kier alpha value is -2.38. The van der Waals surface area contributed by atoms with Crippen LogP contribution >= 0.6 is 23.1 Å². The quantitative estimate of drug-likeness (QED) is 0.402. The van der Waals surface area contributed by atoms with Crippen molar-refractivity contribution in [3.63, 3.8) is 0 Å². The summed E-state index contributed by atoms with van der Waals surface area (Å²) in [4.78, 5) is 12.1. The van der Waals surface area contributed by atoms with Gasteiger partial charge in [0.2, 0.25) is 5.13 Å². The molecule has 146 valence electrons. The predicted molar refractivity (Wildman–Crippen MR) is 115 cm³/mol. The largest absolute Gasteiger partial charge is 0.484 e. The molecule has 1 heterocycles. The lowest BCUT2D eigenvalue weighted by atomic mass is 10.0. The van der Waals surface area contributed by atoms with Crippen molar-refractivity contribution in [3.05, 3.63) is 65.2 Å². The molecule has 5 nitrogen and oxygen atoms in total. The minimum absolute atomic E-state index is 0.0631. The molecular formula is C21H23N3O2S2. The lowest BCUT2D eigenvalue weighted by Crippen LogP contribution is -2.20. The van der Waals surface area contributed by atoms with Gasteiger partial charge in [-0.25, -0.2) is 0 Å². The molecule has 0 unspecified atom stereocenters. The number of nitrogens with one attached hydrogen (secondary N) is 1.